The van der Waals surface area contributed by atoms with Crippen molar-refractivity contribution < 1.29 is 4.74 Å². The van der Waals surface area contributed by atoms with E-state index in [1.54, 1.807) is 7.11 Å². The Morgan fingerprint density at radius 1 is 1.25 bits per heavy atom. The normalized spacial score (nSPS) is 12.6. The Balaban J connectivity index is 1.98. The topological polar surface area (TPSA) is 21.3 Å². The molecule has 0 spiro atoms. The van der Waals surface area contributed by atoms with Crippen LogP contribution in [-0.4, -0.2) is 7.11 Å². The molecule has 2 nitrogen and oxygen atoms in total. The van der Waals surface area contributed by atoms with Gasteiger partial charge in [0, 0.05) is 19.7 Å². The molecule has 0 saturated heterocycles. The van der Waals surface area contributed by atoms with Crippen molar-refractivity contribution in [3.8, 4) is 0 Å². The predicted octanol–water partition coefficient (Wildman–Crippen LogP) is 5.05. The molecule has 1 aromatic carbocycles. The molecule has 0 aliphatic heterocycles. The SMILES string of the molecule is COCc1cccc(CNC(C)c2cc(Cl)sc2Cl)c1. The number of thiophene rings is 1. The van der Waals surface area contributed by atoms with E-state index in [1.807, 2.05) is 12.1 Å². The van der Waals surface area contributed by atoms with Crippen molar-refractivity contribution >= 4 is 34.5 Å². The van der Waals surface area contributed by atoms with Gasteiger partial charge < -0.3 is 10.1 Å². The second kappa shape index (κ2) is 7.43. The van der Waals surface area contributed by atoms with Crippen molar-refractivity contribution in [2.24, 2.45) is 0 Å². The molecule has 2 aromatic rings. The first-order valence-corrected chi connectivity index (χ1v) is 7.92. The van der Waals surface area contributed by atoms with Crippen LogP contribution in [0.1, 0.15) is 29.7 Å². The van der Waals surface area contributed by atoms with Gasteiger partial charge in [-0.2, -0.15) is 0 Å². The van der Waals surface area contributed by atoms with Gasteiger partial charge in [-0.05, 0) is 29.7 Å². The first-order chi connectivity index (χ1) is 9.60. The first-order valence-electron chi connectivity index (χ1n) is 6.35. The van der Waals surface area contributed by atoms with Crippen LogP contribution >= 0.6 is 34.5 Å². The smallest absolute Gasteiger partial charge is 0.0991 e. The highest BCUT2D eigenvalue weighted by molar-refractivity contribution is 7.20. The molecular weight excluding hydrogens is 313 g/mol. The van der Waals surface area contributed by atoms with Crippen LogP contribution < -0.4 is 5.32 Å². The molecule has 0 radical (unpaired) electrons. The second-order valence-corrected chi connectivity index (χ2v) is 6.92. The minimum absolute atomic E-state index is 0.164. The van der Waals surface area contributed by atoms with Crippen LogP contribution in [0.3, 0.4) is 0 Å². The zero-order valence-electron chi connectivity index (χ0n) is 11.5. The molecule has 1 atom stereocenters. The Bertz CT molecular complexity index is 571. The standard InChI is InChI=1S/C15H17Cl2NOS/c1-10(13-7-14(16)20-15(13)17)18-8-11-4-3-5-12(6-11)9-19-2/h3-7,10,18H,8-9H2,1-2H3. The number of hydrogen-bond donors (Lipinski definition) is 1. The summed E-state index contributed by atoms with van der Waals surface area (Å²) in [6.07, 6.45) is 0. The van der Waals surface area contributed by atoms with Crippen molar-refractivity contribution in [1.82, 2.24) is 5.32 Å². The summed E-state index contributed by atoms with van der Waals surface area (Å²) in [5, 5.41) is 3.46. The Morgan fingerprint density at radius 3 is 2.65 bits per heavy atom. The van der Waals surface area contributed by atoms with Gasteiger partial charge in [0.15, 0.2) is 0 Å². The lowest BCUT2D eigenvalue weighted by Crippen LogP contribution is -2.17. The van der Waals surface area contributed by atoms with E-state index < -0.39 is 0 Å². The Kier molecular flexibility index (Phi) is 5.87. The van der Waals surface area contributed by atoms with E-state index in [0.29, 0.717) is 6.61 Å². The third kappa shape index (κ3) is 4.21. The fraction of sp³-hybridized carbons (Fsp3) is 0.333. The molecule has 1 heterocycles. The van der Waals surface area contributed by atoms with Gasteiger partial charge in [-0.25, -0.2) is 0 Å². The lowest BCUT2D eigenvalue weighted by Gasteiger charge is -2.13. The molecule has 0 fully saturated rings. The van der Waals surface area contributed by atoms with E-state index in [1.165, 1.54) is 22.5 Å². The molecule has 1 unspecified atom stereocenters. The summed E-state index contributed by atoms with van der Waals surface area (Å²) < 4.78 is 6.62. The van der Waals surface area contributed by atoms with Crippen molar-refractivity contribution in [3.05, 3.63) is 55.7 Å². The number of nitrogens with one attached hydrogen (secondary N) is 1. The van der Waals surface area contributed by atoms with Crippen molar-refractivity contribution in [2.75, 3.05) is 7.11 Å². The van der Waals surface area contributed by atoms with Crippen LogP contribution in [0, 0.1) is 0 Å². The third-order valence-electron chi connectivity index (χ3n) is 3.06. The van der Waals surface area contributed by atoms with Crippen LogP contribution in [0.2, 0.25) is 8.67 Å². The number of rotatable bonds is 6. The number of hydrogen-bond acceptors (Lipinski definition) is 3. The molecular formula is C15H17Cl2NOS. The number of halogens is 2. The Morgan fingerprint density at radius 2 is 2.00 bits per heavy atom. The molecule has 0 aliphatic rings. The zero-order chi connectivity index (χ0) is 14.5. The highest BCUT2D eigenvalue weighted by atomic mass is 35.5. The second-order valence-electron chi connectivity index (χ2n) is 4.64. The summed E-state index contributed by atoms with van der Waals surface area (Å²) in [7, 11) is 1.70. The molecule has 1 N–H and O–H groups in total. The summed E-state index contributed by atoms with van der Waals surface area (Å²) in [5.41, 5.74) is 3.45. The van der Waals surface area contributed by atoms with E-state index in [-0.39, 0.29) is 6.04 Å². The van der Waals surface area contributed by atoms with E-state index in [2.05, 4.69) is 30.4 Å². The van der Waals surface area contributed by atoms with E-state index in [4.69, 9.17) is 27.9 Å². The monoisotopic (exact) mass is 329 g/mol. The average molecular weight is 330 g/mol. The zero-order valence-corrected chi connectivity index (χ0v) is 13.8. The van der Waals surface area contributed by atoms with Gasteiger partial charge in [0.25, 0.3) is 0 Å². The number of benzene rings is 1. The molecule has 2 rings (SSSR count). The molecule has 1 aromatic heterocycles. The quantitative estimate of drug-likeness (QED) is 0.800. The lowest BCUT2D eigenvalue weighted by atomic mass is 10.1. The van der Waals surface area contributed by atoms with Crippen LogP contribution in [0.15, 0.2) is 30.3 Å². The summed E-state index contributed by atoms with van der Waals surface area (Å²) in [6.45, 7) is 3.50. The summed E-state index contributed by atoms with van der Waals surface area (Å²) in [4.78, 5) is 0. The molecule has 5 heteroatoms. The van der Waals surface area contributed by atoms with Crippen LogP contribution in [0.4, 0.5) is 0 Å². The van der Waals surface area contributed by atoms with Gasteiger partial charge in [-0.3, -0.25) is 0 Å². The average Bonchev–Trinajstić information content (AvgIpc) is 2.76. The molecule has 0 amide bonds. The third-order valence-corrected chi connectivity index (χ3v) is 4.58. The number of methoxy groups -OCH3 is 1. The van der Waals surface area contributed by atoms with Crippen molar-refractivity contribution in [2.45, 2.75) is 26.1 Å². The fourth-order valence-corrected chi connectivity index (χ4v) is 3.67. The Labute approximate surface area is 133 Å². The summed E-state index contributed by atoms with van der Waals surface area (Å²) in [5.74, 6) is 0. The van der Waals surface area contributed by atoms with Crippen LogP contribution in [0.25, 0.3) is 0 Å². The minimum Gasteiger partial charge on any atom is -0.380 e. The lowest BCUT2D eigenvalue weighted by molar-refractivity contribution is 0.185. The summed E-state index contributed by atoms with van der Waals surface area (Å²) >= 11 is 13.5. The summed E-state index contributed by atoms with van der Waals surface area (Å²) in [6, 6.07) is 10.4. The maximum atomic E-state index is 6.17. The molecule has 0 saturated carbocycles. The maximum absolute atomic E-state index is 6.17. The molecule has 0 aliphatic carbocycles. The Hall–Kier alpha value is -0.580. The van der Waals surface area contributed by atoms with E-state index >= 15 is 0 Å². The van der Waals surface area contributed by atoms with Crippen molar-refractivity contribution in [3.63, 3.8) is 0 Å². The van der Waals surface area contributed by atoms with Gasteiger partial charge in [0.2, 0.25) is 0 Å². The molecule has 20 heavy (non-hydrogen) atoms. The van der Waals surface area contributed by atoms with Gasteiger partial charge in [0.05, 0.1) is 15.3 Å². The highest BCUT2D eigenvalue weighted by Crippen LogP contribution is 2.34. The predicted molar refractivity (Wildman–Crippen MR) is 86.7 cm³/mol. The largest absolute Gasteiger partial charge is 0.380 e. The number of ether oxygens (including phenoxy) is 1. The van der Waals surface area contributed by atoms with Gasteiger partial charge >= 0.3 is 0 Å². The molecule has 108 valence electrons. The maximum Gasteiger partial charge on any atom is 0.0991 e. The highest BCUT2D eigenvalue weighted by Gasteiger charge is 2.12. The fourth-order valence-electron chi connectivity index (χ4n) is 2.03. The van der Waals surface area contributed by atoms with Crippen molar-refractivity contribution in [1.29, 1.82) is 0 Å². The van der Waals surface area contributed by atoms with Gasteiger partial charge in [-0.15, -0.1) is 11.3 Å². The van der Waals surface area contributed by atoms with E-state index in [9.17, 15) is 0 Å². The first kappa shape index (κ1) is 15.8. The molecule has 0 bridgehead atoms. The van der Waals surface area contributed by atoms with Crippen LogP contribution in [-0.2, 0) is 17.9 Å². The van der Waals surface area contributed by atoms with E-state index in [0.717, 1.165) is 20.8 Å². The van der Waals surface area contributed by atoms with Gasteiger partial charge in [0.1, 0.15) is 0 Å². The van der Waals surface area contributed by atoms with Gasteiger partial charge in [-0.1, -0.05) is 47.5 Å². The minimum atomic E-state index is 0.164. The van der Waals surface area contributed by atoms with Crippen LogP contribution in [0.5, 0.6) is 0 Å².